The molecule has 0 radical (unpaired) electrons. The molecule has 23 heavy (non-hydrogen) atoms. The van der Waals surface area contributed by atoms with Crippen LogP contribution in [0.1, 0.15) is 21.8 Å². The van der Waals surface area contributed by atoms with Gasteiger partial charge in [-0.2, -0.15) is 4.98 Å². The van der Waals surface area contributed by atoms with Crippen LogP contribution in [0.15, 0.2) is 57.5 Å². The van der Waals surface area contributed by atoms with Crippen LogP contribution in [0.2, 0.25) is 0 Å². The molecule has 0 aliphatic rings. The maximum absolute atomic E-state index is 12.0. The molecule has 1 heterocycles. The van der Waals surface area contributed by atoms with Crippen molar-refractivity contribution < 1.29 is 9.32 Å². The topological polar surface area (TPSA) is 68.0 Å². The number of hydrogen-bond donors (Lipinski definition) is 1. The summed E-state index contributed by atoms with van der Waals surface area (Å²) >= 11 is 3.34. The Morgan fingerprint density at radius 2 is 2.00 bits per heavy atom. The highest BCUT2D eigenvalue weighted by Crippen LogP contribution is 2.17. The molecule has 2 aromatic carbocycles. The van der Waals surface area contributed by atoms with Crippen LogP contribution in [0.5, 0.6) is 0 Å². The maximum atomic E-state index is 12.0. The Hall–Kier alpha value is -2.47. The van der Waals surface area contributed by atoms with E-state index < -0.39 is 0 Å². The van der Waals surface area contributed by atoms with Crippen LogP contribution in [0.4, 0.5) is 0 Å². The first-order valence-electron chi connectivity index (χ1n) is 7.05. The van der Waals surface area contributed by atoms with Gasteiger partial charge < -0.3 is 9.84 Å². The molecule has 0 aliphatic heterocycles. The average molecular weight is 372 g/mol. The summed E-state index contributed by atoms with van der Waals surface area (Å²) < 4.78 is 6.11. The molecule has 3 aromatic rings. The van der Waals surface area contributed by atoms with Gasteiger partial charge in [-0.05, 0) is 37.3 Å². The predicted molar refractivity (Wildman–Crippen MR) is 89.8 cm³/mol. The number of carbonyl (C=O) groups is 1. The number of amides is 1. The van der Waals surface area contributed by atoms with Gasteiger partial charge in [-0.1, -0.05) is 44.8 Å². The number of nitrogens with zero attached hydrogens (tertiary/aromatic N) is 2. The fraction of sp³-hybridized carbons (Fsp3) is 0.118. The molecule has 0 spiro atoms. The van der Waals surface area contributed by atoms with Gasteiger partial charge in [-0.15, -0.1) is 0 Å². The second-order valence-corrected chi connectivity index (χ2v) is 5.99. The zero-order valence-electron chi connectivity index (χ0n) is 12.4. The molecule has 0 saturated carbocycles. The summed E-state index contributed by atoms with van der Waals surface area (Å²) in [5.74, 6) is 0.696. The molecule has 0 fully saturated rings. The number of benzene rings is 2. The van der Waals surface area contributed by atoms with Crippen molar-refractivity contribution >= 4 is 21.8 Å². The summed E-state index contributed by atoms with van der Waals surface area (Å²) in [6.07, 6.45) is 0. The monoisotopic (exact) mass is 371 g/mol. The Bertz CT molecular complexity index is 828. The number of carbonyl (C=O) groups excluding carboxylic acids is 1. The van der Waals surface area contributed by atoms with E-state index >= 15 is 0 Å². The lowest BCUT2D eigenvalue weighted by Gasteiger charge is -2.02. The van der Waals surface area contributed by atoms with Gasteiger partial charge in [0, 0.05) is 15.6 Å². The van der Waals surface area contributed by atoms with Crippen molar-refractivity contribution in [3.8, 4) is 11.4 Å². The fourth-order valence-corrected chi connectivity index (χ4v) is 2.35. The molecule has 0 unspecified atom stereocenters. The van der Waals surface area contributed by atoms with Crippen LogP contribution in [0.25, 0.3) is 11.4 Å². The van der Waals surface area contributed by atoms with Gasteiger partial charge in [0.05, 0.1) is 6.54 Å². The minimum atomic E-state index is -0.187. The largest absolute Gasteiger partial charge is 0.343 e. The molecule has 116 valence electrons. The lowest BCUT2D eigenvalue weighted by atomic mass is 10.1. The van der Waals surface area contributed by atoms with Crippen LogP contribution in [-0.4, -0.2) is 16.0 Å². The third kappa shape index (κ3) is 3.84. The Balaban J connectivity index is 1.65. The van der Waals surface area contributed by atoms with Gasteiger partial charge in [-0.3, -0.25) is 4.79 Å². The normalized spacial score (nSPS) is 10.5. The molecular formula is C17H14BrN3O2. The Labute approximate surface area is 141 Å². The van der Waals surface area contributed by atoms with Gasteiger partial charge in [0.1, 0.15) is 0 Å². The lowest BCUT2D eigenvalue weighted by Crippen LogP contribution is -2.22. The number of aromatic nitrogens is 2. The number of halogens is 1. The standard InChI is InChI=1S/C17H14BrN3O2/c1-11-3-2-4-13(9-11)16-20-15(23-21-16)10-19-17(22)12-5-7-14(18)8-6-12/h2-9H,10H2,1H3,(H,19,22). The summed E-state index contributed by atoms with van der Waals surface area (Å²) in [7, 11) is 0. The second kappa shape index (κ2) is 6.75. The van der Waals surface area contributed by atoms with Gasteiger partial charge in [0.15, 0.2) is 0 Å². The first-order chi connectivity index (χ1) is 11.1. The van der Waals surface area contributed by atoms with E-state index in [-0.39, 0.29) is 12.5 Å². The van der Waals surface area contributed by atoms with E-state index in [0.29, 0.717) is 17.3 Å². The minimum absolute atomic E-state index is 0.187. The second-order valence-electron chi connectivity index (χ2n) is 5.07. The summed E-state index contributed by atoms with van der Waals surface area (Å²) in [6.45, 7) is 2.19. The molecule has 0 saturated heterocycles. The first-order valence-corrected chi connectivity index (χ1v) is 7.84. The molecule has 1 aromatic heterocycles. The third-order valence-electron chi connectivity index (χ3n) is 3.25. The molecule has 0 bridgehead atoms. The summed E-state index contributed by atoms with van der Waals surface area (Å²) in [4.78, 5) is 16.3. The van der Waals surface area contributed by atoms with Crippen molar-refractivity contribution in [2.24, 2.45) is 0 Å². The molecule has 5 nitrogen and oxygen atoms in total. The average Bonchev–Trinajstić information content (AvgIpc) is 3.02. The minimum Gasteiger partial charge on any atom is -0.343 e. The highest BCUT2D eigenvalue weighted by Gasteiger charge is 2.11. The Morgan fingerprint density at radius 1 is 1.22 bits per heavy atom. The Morgan fingerprint density at radius 3 is 2.74 bits per heavy atom. The predicted octanol–water partition coefficient (Wildman–Crippen LogP) is 3.74. The molecular weight excluding hydrogens is 358 g/mol. The highest BCUT2D eigenvalue weighted by molar-refractivity contribution is 9.10. The quantitative estimate of drug-likeness (QED) is 0.758. The van der Waals surface area contributed by atoms with E-state index in [9.17, 15) is 4.79 Å². The summed E-state index contributed by atoms with van der Waals surface area (Å²) in [5, 5.41) is 6.71. The fourth-order valence-electron chi connectivity index (χ4n) is 2.09. The zero-order chi connectivity index (χ0) is 16.2. The van der Waals surface area contributed by atoms with E-state index in [1.165, 1.54) is 0 Å². The van der Waals surface area contributed by atoms with Crippen LogP contribution in [0, 0.1) is 6.92 Å². The third-order valence-corrected chi connectivity index (χ3v) is 3.78. The van der Waals surface area contributed by atoms with E-state index in [1.54, 1.807) is 12.1 Å². The van der Waals surface area contributed by atoms with E-state index in [2.05, 4.69) is 31.4 Å². The van der Waals surface area contributed by atoms with Crippen molar-refractivity contribution in [1.82, 2.24) is 15.5 Å². The van der Waals surface area contributed by atoms with E-state index in [4.69, 9.17) is 4.52 Å². The molecule has 0 atom stereocenters. The number of hydrogen-bond acceptors (Lipinski definition) is 4. The zero-order valence-corrected chi connectivity index (χ0v) is 14.0. The van der Waals surface area contributed by atoms with Crippen LogP contribution in [0.3, 0.4) is 0 Å². The van der Waals surface area contributed by atoms with Crippen molar-refractivity contribution in [1.29, 1.82) is 0 Å². The summed E-state index contributed by atoms with van der Waals surface area (Å²) in [6, 6.07) is 15.0. The van der Waals surface area contributed by atoms with Crippen LogP contribution < -0.4 is 5.32 Å². The van der Waals surface area contributed by atoms with Crippen LogP contribution in [-0.2, 0) is 6.54 Å². The summed E-state index contributed by atoms with van der Waals surface area (Å²) in [5.41, 5.74) is 2.59. The van der Waals surface area contributed by atoms with Gasteiger partial charge in [0.25, 0.3) is 5.91 Å². The van der Waals surface area contributed by atoms with Gasteiger partial charge >= 0.3 is 0 Å². The van der Waals surface area contributed by atoms with E-state index in [0.717, 1.165) is 15.6 Å². The van der Waals surface area contributed by atoms with Crippen molar-refractivity contribution in [3.63, 3.8) is 0 Å². The first kappa shape index (κ1) is 15.4. The lowest BCUT2D eigenvalue weighted by molar-refractivity contribution is 0.0946. The number of aryl methyl sites for hydroxylation is 1. The van der Waals surface area contributed by atoms with Gasteiger partial charge in [-0.25, -0.2) is 0 Å². The number of nitrogens with one attached hydrogen (secondary N) is 1. The maximum Gasteiger partial charge on any atom is 0.251 e. The molecule has 1 amide bonds. The van der Waals surface area contributed by atoms with Crippen molar-refractivity contribution in [2.45, 2.75) is 13.5 Å². The molecule has 1 N–H and O–H groups in total. The highest BCUT2D eigenvalue weighted by atomic mass is 79.9. The van der Waals surface area contributed by atoms with Gasteiger partial charge in [0.2, 0.25) is 11.7 Å². The van der Waals surface area contributed by atoms with E-state index in [1.807, 2.05) is 43.3 Å². The van der Waals surface area contributed by atoms with Crippen molar-refractivity contribution in [2.75, 3.05) is 0 Å². The smallest absolute Gasteiger partial charge is 0.251 e. The SMILES string of the molecule is Cc1cccc(-c2noc(CNC(=O)c3ccc(Br)cc3)n2)c1. The molecule has 6 heteroatoms. The Kier molecular flexibility index (Phi) is 4.52. The van der Waals surface area contributed by atoms with Crippen LogP contribution >= 0.6 is 15.9 Å². The molecule has 0 aliphatic carbocycles. The molecule has 3 rings (SSSR count). The number of rotatable bonds is 4. The van der Waals surface area contributed by atoms with Crippen molar-refractivity contribution in [3.05, 3.63) is 70.0 Å².